The Labute approximate surface area is 186 Å². The topological polar surface area (TPSA) is 75.5 Å². The lowest BCUT2D eigenvalue weighted by Gasteiger charge is -2.43. The number of carbonyl (C=O) groups is 1. The first kappa shape index (κ1) is 19.5. The Morgan fingerprint density at radius 3 is 2.75 bits per heavy atom. The number of aromatic nitrogens is 4. The number of fused-ring (bicyclic) bond motifs is 5. The van der Waals surface area contributed by atoms with Crippen LogP contribution in [0.4, 0.5) is 0 Å². The van der Waals surface area contributed by atoms with Crippen LogP contribution in [0.15, 0.2) is 30.3 Å². The molecule has 4 aromatic rings. The molecule has 1 spiro atoms. The molecular weight excluding hydrogens is 402 g/mol. The summed E-state index contributed by atoms with van der Waals surface area (Å²) in [5, 5.41) is 5.88. The van der Waals surface area contributed by atoms with E-state index in [4.69, 9.17) is 4.74 Å². The Hall–Kier alpha value is -3.19. The number of aromatic amines is 1. The highest BCUT2D eigenvalue weighted by atomic mass is 16.5. The van der Waals surface area contributed by atoms with Gasteiger partial charge in [0, 0.05) is 35.4 Å². The van der Waals surface area contributed by atoms with Crippen molar-refractivity contribution in [3.63, 3.8) is 0 Å². The lowest BCUT2D eigenvalue weighted by Crippen LogP contribution is -2.48. The monoisotopic (exact) mass is 429 g/mol. The van der Waals surface area contributed by atoms with Gasteiger partial charge in [0.1, 0.15) is 11.2 Å². The number of aryl methyl sites for hydroxylation is 3. The Morgan fingerprint density at radius 2 is 1.94 bits per heavy atom. The second kappa shape index (κ2) is 6.90. The molecule has 1 fully saturated rings. The summed E-state index contributed by atoms with van der Waals surface area (Å²) in [5.41, 5.74) is 7.27. The second-order valence-corrected chi connectivity index (χ2v) is 9.14. The van der Waals surface area contributed by atoms with Crippen LogP contribution >= 0.6 is 0 Å². The van der Waals surface area contributed by atoms with Gasteiger partial charge in [-0.05, 0) is 57.7 Å². The van der Waals surface area contributed by atoms with Crippen LogP contribution in [0.3, 0.4) is 0 Å². The number of benzene rings is 1. The van der Waals surface area contributed by atoms with Crippen LogP contribution in [0.2, 0.25) is 0 Å². The molecule has 1 saturated heterocycles. The number of nitrogens with one attached hydrogen (secondary N) is 1. The van der Waals surface area contributed by atoms with Crippen LogP contribution < -0.4 is 0 Å². The number of amides is 1. The van der Waals surface area contributed by atoms with Crippen LogP contribution in [0.5, 0.6) is 0 Å². The summed E-state index contributed by atoms with van der Waals surface area (Å²) in [6.45, 7) is 7.85. The van der Waals surface area contributed by atoms with Crippen molar-refractivity contribution in [1.29, 1.82) is 0 Å². The fourth-order valence-electron chi connectivity index (χ4n) is 5.57. The number of rotatable bonds is 1. The molecule has 0 bridgehead atoms. The molecule has 7 nitrogen and oxygen atoms in total. The predicted octanol–water partition coefficient (Wildman–Crippen LogP) is 3.84. The number of para-hydroxylation sites is 1. The molecule has 2 aliphatic rings. The molecule has 5 heterocycles. The number of carbonyl (C=O) groups excluding carboxylic acids is 1. The third-order valence-electron chi connectivity index (χ3n) is 7.14. The lowest BCUT2D eigenvalue weighted by molar-refractivity contribution is -0.0957. The zero-order valence-corrected chi connectivity index (χ0v) is 18.7. The first-order valence-corrected chi connectivity index (χ1v) is 11.3. The Morgan fingerprint density at radius 1 is 1.16 bits per heavy atom. The standard InChI is InChI=1S/C25H27N5O2/c1-15-14-16(2)30-23(26-15)21(17(3)28-30)24(31)29-11-9-25(10-12-29)22-19(8-13-32-25)18-6-4-5-7-20(18)27-22/h4-7,14,27H,8-13H2,1-3H3. The zero-order valence-electron chi connectivity index (χ0n) is 18.7. The van der Waals surface area contributed by atoms with E-state index in [1.54, 1.807) is 4.52 Å². The average molecular weight is 430 g/mol. The molecule has 164 valence electrons. The van der Waals surface area contributed by atoms with Crippen LogP contribution in [0.25, 0.3) is 16.6 Å². The summed E-state index contributed by atoms with van der Waals surface area (Å²) < 4.78 is 8.19. The minimum atomic E-state index is -0.342. The molecule has 1 amide bonds. The molecule has 1 N–H and O–H groups in total. The first-order chi connectivity index (χ1) is 15.5. The van der Waals surface area contributed by atoms with Crippen molar-refractivity contribution in [2.75, 3.05) is 19.7 Å². The van der Waals surface area contributed by atoms with E-state index in [-0.39, 0.29) is 11.5 Å². The van der Waals surface area contributed by atoms with Crippen molar-refractivity contribution in [2.24, 2.45) is 0 Å². The van der Waals surface area contributed by atoms with Gasteiger partial charge in [0.2, 0.25) is 0 Å². The molecule has 0 radical (unpaired) electrons. The van der Waals surface area contributed by atoms with Gasteiger partial charge in [-0.2, -0.15) is 5.10 Å². The van der Waals surface area contributed by atoms with E-state index in [1.807, 2.05) is 31.7 Å². The third kappa shape index (κ3) is 2.73. The summed E-state index contributed by atoms with van der Waals surface area (Å²) in [6, 6.07) is 10.5. The van der Waals surface area contributed by atoms with Gasteiger partial charge in [-0.25, -0.2) is 9.50 Å². The molecule has 3 aromatic heterocycles. The van der Waals surface area contributed by atoms with Crippen molar-refractivity contribution in [2.45, 2.75) is 45.6 Å². The van der Waals surface area contributed by atoms with E-state index in [0.29, 0.717) is 24.3 Å². The summed E-state index contributed by atoms with van der Waals surface area (Å²) in [5.74, 6) is 0.0116. The molecule has 6 rings (SSSR count). The van der Waals surface area contributed by atoms with E-state index in [0.717, 1.165) is 43.0 Å². The van der Waals surface area contributed by atoms with Crippen molar-refractivity contribution < 1.29 is 9.53 Å². The van der Waals surface area contributed by atoms with Crippen LogP contribution in [0.1, 0.15) is 51.5 Å². The fourth-order valence-corrected chi connectivity index (χ4v) is 5.57. The minimum Gasteiger partial charge on any atom is -0.368 e. The Balaban J connectivity index is 1.31. The maximum atomic E-state index is 13.6. The molecule has 0 saturated carbocycles. The van der Waals surface area contributed by atoms with Gasteiger partial charge < -0.3 is 14.6 Å². The number of piperidine rings is 1. The van der Waals surface area contributed by atoms with Crippen molar-refractivity contribution in [3.8, 4) is 0 Å². The van der Waals surface area contributed by atoms with Gasteiger partial charge in [0.25, 0.3) is 5.91 Å². The van der Waals surface area contributed by atoms with Crippen molar-refractivity contribution in [1.82, 2.24) is 24.5 Å². The molecule has 0 aliphatic carbocycles. The maximum Gasteiger partial charge on any atom is 0.259 e. The molecule has 1 aromatic carbocycles. The number of nitrogens with zero attached hydrogens (tertiary/aromatic N) is 4. The molecule has 2 aliphatic heterocycles. The zero-order chi connectivity index (χ0) is 22.0. The summed E-state index contributed by atoms with van der Waals surface area (Å²) in [4.78, 5) is 23.8. The largest absolute Gasteiger partial charge is 0.368 e. The van der Waals surface area contributed by atoms with Crippen LogP contribution in [-0.2, 0) is 16.8 Å². The number of hydrogen-bond donors (Lipinski definition) is 1. The summed E-state index contributed by atoms with van der Waals surface area (Å²) in [7, 11) is 0. The lowest BCUT2D eigenvalue weighted by atomic mass is 9.83. The molecule has 32 heavy (non-hydrogen) atoms. The number of H-pyrrole nitrogens is 1. The van der Waals surface area contributed by atoms with E-state index >= 15 is 0 Å². The summed E-state index contributed by atoms with van der Waals surface area (Å²) >= 11 is 0. The number of hydrogen-bond acceptors (Lipinski definition) is 4. The van der Waals surface area contributed by atoms with E-state index < -0.39 is 0 Å². The molecule has 0 atom stereocenters. The Bertz CT molecular complexity index is 1370. The highest BCUT2D eigenvalue weighted by Gasteiger charge is 2.44. The maximum absolute atomic E-state index is 13.6. The number of ether oxygens (including phenoxy) is 1. The Kier molecular flexibility index (Phi) is 4.21. The third-order valence-corrected chi connectivity index (χ3v) is 7.14. The molecule has 0 unspecified atom stereocenters. The minimum absolute atomic E-state index is 0.0116. The van der Waals surface area contributed by atoms with Gasteiger partial charge in [0.05, 0.1) is 18.0 Å². The predicted molar refractivity (Wildman–Crippen MR) is 122 cm³/mol. The van der Waals surface area contributed by atoms with Crippen molar-refractivity contribution >= 4 is 22.5 Å². The highest BCUT2D eigenvalue weighted by Crippen LogP contribution is 2.43. The van der Waals surface area contributed by atoms with Gasteiger partial charge in [-0.3, -0.25) is 4.79 Å². The molecular formula is C25H27N5O2. The van der Waals surface area contributed by atoms with Gasteiger partial charge in [-0.1, -0.05) is 18.2 Å². The fraction of sp³-hybridized carbons (Fsp3) is 0.400. The van der Waals surface area contributed by atoms with Crippen LogP contribution in [0, 0.1) is 20.8 Å². The highest BCUT2D eigenvalue weighted by molar-refractivity contribution is 6.01. The SMILES string of the molecule is Cc1cc(C)n2nc(C)c(C(=O)N3CCC4(CC3)OCCc3c4[nH]c4ccccc34)c2n1. The van der Waals surface area contributed by atoms with E-state index in [1.165, 1.54) is 22.2 Å². The number of likely N-dealkylation sites (tertiary alicyclic amines) is 1. The van der Waals surface area contributed by atoms with Gasteiger partial charge >= 0.3 is 0 Å². The van der Waals surface area contributed by atoms with E-state index in [9.17, 15) is 4.79 Å². The van der Waals surface area contributed by atoms with Crippen molar-refractivity contribution in [3.05, 3.63) is 64.2 Å². The normalized spacial score (nSPS) is 17.9. The second-order valence-electron chi connectivity index (χ2n) is 9.14. The van der Waals surface area contributed by atoms with E-state index in [2.05, 4.69) is 39.3 Å². The van der Waals surface area contributed by atoms with Gasteiger partial charge in [-0.15, -0.1) is 0 Å². The van der Waals surface area contributed by atoms with Gasteiger partial charge in [0.15, 0.2) is 5.65 Å². The smallest absolute Gasteiger partial charge is 0.259 e. The average Bonchev–Trinajstić information content (AvgIpc) is 3.33. The quantitative estimate of drug-likeness (QED) is 0.499. The summed E-state index contributed by atoms with van der Waals surface area (Å²) in [6.07, 6.45) is 2.49. The molecule has 7 heteroatoms. The van der Waals surface area contributed by atoms with Crippen LogP contribution in [-0.4, -0.2) is 50.1 Å². The first-order valence-electron chi connectivity index (χ1n) is 11.3.